The first-order chi connectivity index (χ1) is 7.67. The van der Waals surface area contributed by atoms with Gasteiger partial charge in [-0.15, -0.1) is 0 Å². The summed E-state index contributed by atoms with van der Waals surface area (Å²) in [5, 5.41) is 0. The normalized spacial score (nSPS) is 12.8. The van der Waals surface area contributed by atoms with Crippen molar-refractivity contribution in [3.05, 3.63) is 29.8 Å². The summed E-state index contributed by atoms with van der Waals surface area (Å²) in [7, 11) is 1.68. The Morgan fingerprint density at radius 3 is 2.62 bits per heavy atom. The number of ether oxygens (including phenoxy) is 2. The van der Waals surface area contributed by atoms with Crippen molar-refractivity contribution in [2.24, 2.45) is 11.7 Å². The van der Waals surface area contributed by atoms with E-state index < -0.39 is 0 Å². The van der Waals surface area contributed by atoms with Crippen molar-refractivity contribution in [2.45, 2.75) is 26.6 Å². The smallest absolute Gasteiger partial charge is 0.120 e. The van der Waals surface area contributed by atoms with Gasteiger partial charge in [0.05, 0.1) is 6.61 Å². The average molecular weight is 223 g/mol. The van der Waals surface area contributed by atoms with Gasteiger partial charge in [0, 0.05) is 13.7 Å². The minimum atomic E-state index is 0.0674. The molecule has 3 heteroatoms. The van der Waals surface area contributed by atoms with E-state index in [-0.39, 0.29) is 6.10 Å². The number of hydrogen-bond acceptors (Lipinski definition) is 3. The quantitative estimate of drug-likeness (QED) is 0.804. The second-order valence-corrected chi connectivity index (χ2v) is 4.22. The van der Waals surface area contributed by atoms with Crippen molar-refractivity contribution in [3.8, 4) is 5.75 Å². The van der Waals surface area contributed by atoms with Gasteiger partial charge in [0.25, 0.3) is 0 Å². The second kappa shape index (κ2) is 6.51. The van der Waals surface area contributed by atoms with Crippen LogP contribution in [0.15, 0.2) is 24.3 Å². The molecule has 0 saturated carbocycles. The van der Waals surface area contributed by atoms with Gasteiger partial charge in [-0.2, -0.15) is 0 Å². The minimum Gasteiger partial charge on any atom is -0.489 e. The summed E-state index contributed by atoms with van der Waals surface area (Å²) in [6.45, 7) is 5.35. The van der Waals surface area contributed by atoms with Crippen LogP contribution in [0.4, 0.5) is 0 Å². The molecular weight excluding hydrogens is 202 g/mol. The summed E-state index contributed by atoms with van der Waals surface area (Å²) in [5.41, 5.74) is 6.78. The van der Waals surface area contributed by atoms with Gasteiger partial charge in [-0.3, -0.25) is 0 Å². The molecular formula is C13H21NO2. The maximum atomic E-state index is 5.83. The number of nitrogens with two attached hydrogens (primary N) is 1. The Kier molecular flexibility index (Phi) is 5.29. The highest BCUT2D eigenvalue weighted by atomic mass is 16.5. The Balaban J connectivity index is 2.68. The van der Waals surface area contributed by atoms with E-state index >= 15 is 0 Å². The third kappa shape index (κ3) is 3.83. The summed E-state index contributed by atoms with van der Waals surface area (Å²) in [6, 6.07) is 7.93. The first-order valence-electron chi connectivity index (χ1n) is 5.62. The fraction of sp³-hybridized carbons (Fsp3) is 0.538. The summed E-state index contributed by atoms with van der Waals surface area (Å²) in [6.07, 6.45) is 0.0674. The first-order valence-corrected chi connectivity index (χ1v) is 5.62. The van der Waals surface area contributed by atoms with Gasteiger partial charge in [0.15, 0.2) is 0 Å². The standard InChI is InChI=1S/C13H21NO2/c1-10(2)13(8-14)16-12-6-4-5-11(7-12)9-15-3/h4-7,10,13H,8-9,14H2,1-3H3. The van der Waals surface area contributed by atoms with Crippen LogP contribution in [-0.4, -0.2) is 19.8 Å². The van der Waals surface area contributed by atoms with Crippen LogP contribution in [0.1, 0.15) is 19.4 Å². The lowest BCUT2D eigenvalue weighted by Gasteiger charge is -2.21. The van der Waals surface area contributed by atoms with Crippen LogP contribution in [0.25, 0.3) is 0 Å². The lowest BCUT2D eigenvalue weighted by atomic mass is 10.1. The van der Waals surface area contributed by atoms with Gasteiger partial charge >= 0.3 is 0 Å². The van der Waals surface area contributed by atoms with Gasteiger partial charge in [-0.1, -0.05) is 26.0 Å². The Labute approximate surface area is 97.6 Å². The Morgan fingerprint density at radius 1 is 1.31 bits per heavy atom. The summed E-state index contributed by atoms with van der Waals surface area (Å²) in [4.78, 5) is 0. The molecule has 0 amide bonds. The van der Waals surface area contributed by atoms with Crippen molar-refractivity contribution in [1.29, 1.82) is 0 Å². The van der Waals surface area contributed by atoms with Crippen molar-refractivity contribution in [3.63, 3.8) is 0 Å². The lowest BCUT2D eigenvalue weighted by Crippen LogP contribution is -2.31. The van der Waals surface area contributed by atoms with Gasteiger partial charge in [0.1, 0.15) is 11.9 Å². The Bertz CT molecular complexity index is 313. The number of benzene rings is 1. The Hall–Kier alpha value is -1.06. The van der Waals surface area contributed by atoms with Crippen molar-refractivity contribution in [1.82, 2.24) is 0 Å². The molecule has 1 unspecified atom stereocenters. The van der Waals surface area contributed by atoms with Crippen molar-refractivity contribution in [2.75, 3.05) is 13.7 Å². The number of methoxy groups -OCH3 is 1. The van der Waals surface area contributed by atoms with Gasteiger partial charge in [-0.25, -0.2) is 0 Å². The van der Waals surface area contributed by atoms with Crippen molar-refractivity contribution < 1.29 is 9.47 Å². The molecule has 0 heterocycles. The molecule has 3 nitrogen and oxygen atoms in total. The fourth-order valence-electron chi connectivity index (χ4n) is 1.51. The number of hydrogen-bond donors (Lipinski definition) is 1. The first kappa shape index (κ1) is 13.0. The van der Waals surface area contributed by atoms with Gasteiger partial charge in [0.2, 0.25) is 0 Å². The molecule has 16 heavy (non-hydrogen) atoms. The average Bonchev–Trinajstić information content (AvgIpc) is 2.26. The van der Waals surface area contributed by atoms with Crippen LogP contribution in [0.5, 0.6) is 5.75 Å². The van der Waals surface area contributed by atoms with Crippen LogP contribution in [0.2, 0.25) is 0 Å². The van der Waals surface area contributed by atoms with E-state index in [0.29, 0.717) is 19.1 Å². The molecule has 0 bridgehead atoms. The van der Waals surface area contributed by atoms with Crippen LogP contribution in [0.3, 0.4) is 0 Å². The van der Waals surface area contributed by atoms with Crippen LogP contribution >= 0.6 is 0 Å². The zero-order valence-corrected chi connectivity index (χ0v) is 10.3. The molecule has 1 atom stereocenters. The van der Waals surface area contributed by atoms with E-state index in [1.807, 2.05) is 24.3 Å². The van der Waals surface area contributed by atoms with E-state index in [9.17, 15) is 0 Å². The molecule has 2 N–H and O–H groups in total. The fourth-order valence-corrected chi connectivity index (χ4v) is 1.51. The summed E-state index contributed by atoms with van der Waals surface area (Å²) < 4.78 is 10.9. The second-order valence-electron chi connectivity index (χ2n) is 4.22. The predicted octanol–water partition coefficient (Wildman–Crippen LogP) is 2.20. The molecule has 0 saturated heterocycles. The molecule has 0 spiro atoms. The largest absolute Gasteiger partial charge is 0.489 e. The number of rotatable bonds is 6. The molecule has 90 valence electrons. The molecule has 0 fully saturated rings. The van der Waals surface area contributed by atoms with Gasteiger partial charge in [-0.05, 0) is 23.6 Å². The molecule has 1 rings (SSSR count). The van der Waals surface area contributed by atoms with Crippen molar-refractivity contribution >= 4 is 0 Å². The topological polar surface area (TPSA) is 44.5 Å². The maximum absolute atomic E-state index is 5.83. The van der Waals surface area contributed by atoms with E-state index in [1.165, 1.54) is 0 Å². The van der Waals surface area contributed by atoms with Crippen LogP contribution in [0, 0.1) is 5.92 Å². The van der Waals surface area contributed by atoms with Crippen LogP contribution < -0.4 is 10.5 Å². The predicted molar refractivity (Wildman–Crippen MR) is 65.5 cm³/mol. The lowest BCUT2D eigenvalue weighted by molar-refractivity contribution is 0.157. The molecule has 0 aromatic heterocycles. The highest BCUT2D eigenvalue weighted by Gasteiger charge is 2.12. The summed E-state index contributed by atoms with van der Waals surface area (Å²) in [5.74, 6) is 1.27. The zero-order chi connectivity index (χ0) is 12.0. The molecule has 0 aliphatic carbocycles. The molecule has 1 aromatic carbocycles. The van der Waals surface area contributed by atoms with E-state index in [2.05, 4.69) is 13.8 Å². The Morgan fingerprint density at radius 2 is 2.06 bits per heavy atom. The third-order valence-corrected chi connectivity index (χ3v) is 2.47. The maximum Gasteiger partial charge on any atom is 0.120 e. The highest BCUT2D eigenvalue weighted by molar-refractivity contribution is 5.28. The molecule has 0 radical (unpaired) electrons. The van der Waals surface area contributed by atoms with Gasteiger partial charge < -0.3 is 15.2 Å². The molecule has 0 aliphatic heterocycles. The highest BCUT2D eigenvalue weighted by Crippen LogP contribution is 2.17. The summed E-state index contributed by atoms with van der Waals surface area (Å²) >= 11 is 0. The molecule has 0 aliphatic rings. The monoisotopic (exact) mass is 223 g/mol. The SMILES string of the molecule is COCc1cccc(OC(CN)C(C)C)c1. The molecule has 1 aromatic rings. The minimum absolute atomic E-state index is 0.0674. The van der Waals surface area contributed by atoms with E-state index in [4.69, 9.17) is 15.2 Å². The van der Waals surface area contributed by atoms with E-state index in [1.54, 1.807) is 7.11 Å². The third-order valence-electron chi connectivity index (χ3n) is 2.47. The van der Waals surface area contributed by atoms with E-state index in [0.717, 1.165) is 11.3 Å². The van der Waals surface area contributed by atoms with Crippen LogP contribution in [-0.2, 0) is 11.3 Å². The zero-order valence-electron chi connectivity index (χ0n) is 10.3.